The summed E-state index contributed by atoms with van der Waals surface area (Å²) >= 11 is 3.43. The molecule has 15 heavy (non-hydrogen) atoms. The minimum Gasteiger partial charge on any atom is -0.496 e. The Morgan fingerprint density at radius 3 is 2.53 bits per heavy atom. The molecule has 0 atom stereocenters. The molecule has 1 aromatic rings. The predicted octanol–water partition coefficient (Wildman–Crippen LogP) is 3.68. The van der Waals surface area contributed by atoms with Gasteiger partial charge in [-0.15, -0.1) is 0 Å². The molecule has 0 fully saturated rings. The third-order valence-corrected chi connectivity index (χ3v) is 2.28. The van der Waals surface area contributed by atoms with Gasteiger partial charge in [0.05, 0.1) is 12.6 Å². The van der Waals surface area contributed by atoms with Gasteiger partial charge in [-0.05, 0) is 39.0 Å². The molecule has 1 aromatic carbocycles. The van der Waals surface area contributed by atoms with Gasteiger partial charge in [-0.1, -0.05) is 15.9 Å². The summed E-state index contributed by atoms with van der Waals surface area (Å²) in [6.07, 6.45) is 1.85. The maximum atomic E-state index is 5.25. The number of aliphatic imine (C=N–C) groups is 1. The fourth-order valence-corrected chi connectivity index (χ4v) is 1.45. The van der Waals surface area contributed by atoms with Crippen LogP contribution in [0.1, 0.15) is 26.3 Å². The largest absolute Gasteiger partial charge is 0.496 e. The van der Waals surface area contributed by atoms with Crippen molar-refractivity contribution in [2.24, 2.45) is 4.99 Å². The highest BCUT2D eigenvalue weighted by Crippen LogP contribution is 2.22. The number of hydrogen-bond acceptors (Lipinski definition) is 2. The van der Waals surface area contributed by atoms with Crippen LogP contribution in [0.4, 0.5) is 0 Å². The Morgan fingerprint density at radius 2 is 2.00 bits per heavy atom. The maximum absolute atomic E-state index is 5.25. The fourth-order valence-electron chi connectivity index (χ4n) is 1.07. The first kappa shape index (κ1) is 12.2. The Balaban J connectivity index is 3.02. The molecule has 0 aliphatic rings. The number of hydrogen-bond donors (Lipinski definition) is 0. The van der Waals surface area contributed by atoms with Crippen LogP contribution in [0, 0.1) is 0 Å². The number of halogens is 1. The molecule has 1 rings (SSSR count). The quantitative estimate of drug-likeness (QED) is 0.751. The van der Waals surface area contributed by atoms with Crippen LogP contribution in [-0.2, 0) is 0 Å². The van der Waals surface area contributed by atoms with E-state index < -0.39 is 0 Å². The van der Waals surface area contributed by atoms with Gasteiger partial charge < -0.3 is 4.74 Å². The predicted molar refractivity (Wildman–Crippen MR) is 68.0 cm³/mol. The van der Waals surface area contributed by atoms with Gasteiger partial charge in [0.15, 0.2) is 0 Å². The first-order valence-corrected chi connectivity index (χ1v) is 5.60. The highest BCUT2D eigenvalue weighted by molar-refractivity contribution is 9.10. The van der Waals surface area contributed by atoms with Crippen LogP contribution in [0.5, 0.6) is 5.75 Å². The number of nitrogens with zero attached hydrogens (tertiary/aromatic N) is 1. The molecule has 0 aliphatic heterocycles. The molecular formula is C12H16BrNO. The lowest BCUT2D eigenvalue weighted by atomic mass is 10.1. The fraction of sp³-hybridized carbons (Fsp3) is 0.417. The van der Waals surface area contributed by atoms with E-state index in [0.717, 1.165) is 15.8 Å². The van der Waals surface area contributed by atoms with Gasteiger partial charge in [0.2, 0.25) is 0 Å². The molecule has 82 valence electrons. The van der Waals surface area contributed by atoms with Crippen molar-refractivity contribution in [1.82, 2.24) is 0 Å². The Morgan fingerprint density at radius 1 is 1.33 bits per heavy atom. The molecule has 0 heterocycles. The van der Waals surface area contributed by atoms with E-state index in [1.807, 2.05) is 24.4 Å². The van der Waals surface area contributed by atoms with Gasteiger partial charge in [0.25, 0.3) is 0 Å². The van der Waals surface area contributed by atoms with Gasteiger partial charge in [0, 0.05) is 16.3 Å². The standard InChI is InChI=1S/C12H16BrNO/c1-12(2,3)14-8-9-7-10(13)5-6-11(9)15-4/h5-8H,1-4H3. The van der Waals surface area contributed by atoms with Gasteiger partial charge in [-0.25, -0.2) is 0 Å². The molecule has 0 saturated heterocycles. The molecule has 2 nitrogen and oxygen atoms in total. The highest BCUT2D eigenvalue weighted by atomic mass is 79.9. The summed E-state index contributed by atoms with van der Waals surface area (Å²) in [6.45, 7) is 6.19. The molecule has 0 unspecified atom stereocenters. The Hall–Kier alpha value is -0.830. The average molecular weight is 270 g/mol. The van der Waals surface area contributed by atoms with Crippen molar-refractivity contribution in [2.45, 2.75) is 26.3 Å². The lowest BCUT2D eigenvalue weighted by Gasteiger charge is -2.12. The number of ether oxygens (including phenoxy) is 1. The van der Waals surface area contributed by atoms with Crippen LogP contribution in [0.3, 0.4) is 0 Å². The third-order valence-electron chi connectivity index (χ3n) is 1.78. The maximum Gasteiger partial charge on any atom is 0.127 e. The van der Waals surface area contributed by atoms with Crippen molar-refractivity contribution in [3.63, 3.8) is 0 Å². The first-order chi connectivity index (χ1) is 6.92. The monoisotopic (exact) mass is 269 g/mol. The summed E-state index contributed by atoms with van der Waals surface area (Å²) in [6, 6.07) is 5.87. The molecule has 0 aliphatic carbocycles. The molecule has 0 saturated carbocycles. The van der Waals surface area contributed by atoms with Crippen LogP contribution in [0.15, 0.2) is 27.7 Å². The molecule has 0 amide bonds. The van der Waals surface area contributed by atoms with Crippen LogP contribution < -0.4 is 4.74 Å². The lowest BCUT2D eigenvalue weighted by molar-refractivity contribution is 0.414. The van der Waals surface area contributed by atoms with Crippen LogP contribution in [0.2, 0.25) is 0 Å². The van der Waals surface area contributed by atoms with Crippen molar-refractivity contribution < 1.29 is 4.74 Å². The van der Waals surface area contributed by atoms with E-state index >= 15 is 0 Å². The van der Waals surface area contributed by atoms with Crippen molar-refractivity contribution in [1.29, 1.82) is 0 Å². The molecule has 0 radical (unpaired) electrons. The summed E-state index contributed by atoms with van der Waals surface area (Å²) in [5, 5.41) is 0. The van der Waals surface area contributed by atoms with E-state index in [9.17, 15) is 0 Å². The van der Waals surface area contributed by atoms with Crippen molar-refractivity contribution in [2.75, 3.05) is 7.11 Å². The third kappa shape index (κ3) is 4.04. The SMILES string of the molecule is COc1ccc(Br)cc1C=NC(C)(C)C. The zero-order chi connectivity index (χ0) is 11.5. The van der Waals surface area contributed by atoms with E-state index in [4.69, 9.17) is 4.74 Å². The van der Waals surface area contributed by atoms with E-state index in [0.29, 0.717) is 0 Å². The van der Waals surface area contributed by atoms with Gasteiger partial charge in [-0.3, -0.25) is 4.99 Å². The Kier molecular flexibility index (Phi) is 3.91. The zero-order valence-corrected chi connectivity index (χ0v) is 11.1. The highest BCUT2D eigenvalue weighted by Gasteiger charge is 2.06. The lowest BCUT2D eigenvalue weighted by Crippen LogP contribution is -2.09. The Bertz CT molecular complexity index is 366. The van der Waals surface area contributed by atoms with Crippen molar-refractivity contribution in [3.05, 3.63) is 28.2 Å². The topological polar surface area (TPSA) is 21.6 Å². The second-order valence-corrected chi connectivity index (χ2v) is 5.23. The van der Waals surface area contributed by atoms with Gasteiger partial charge in [-0.2, -0.15) is 0 Å². The first-order valence-electron chi connectivity index (χ1n) is 4.81. The van der Waals surface area contributed by atoms with Gasteiger partial charge in [0.1, 0.15) is 5.75 Å². The number of rotatable bonds is 2. The average Bonchev–Trinajstić information content (AvgIpc) is 2.14. The molecule has 0 aromatic heterocycles. The van der Waals surface area contributed by atoms with E-state index in [1.54, 1.807) is 7.11 Å². The summed E-state index contributed by atoms with van der Waals surface area (Å²) < 4.78 is 6.28. The molecule has 0 spiro atoms. The minimum atomic E-state index is -0.0622. The summed E-state index contributed by atoms with van der Waals surface area (Å²) in [5.74, 6) is 0.839. The number of methoxy groups -OCH3 is 1. The van der Waals surface area contributed by atoms with Crippen LogP contribution in [0.25, 0.3) is 0 Å². The zero-order valence-electron chi connectivity index (χ0n) is 9.54. The summed E-state index contributed by atoms with van der Waals surface area (Å²) in [5.41, 5.74) is 0.926. The minimum absolute atomic E-state index is 0.0622. The van der Waals surface area contributed by atoms with E-state index in [-0.39, 0.29) is 5.54 Å². The van der Waals surface area contributed by atoms with Crippen LogP contribution >= 0.6 is 15.9 Å². The molecular weight excluding hydrogens is 254 g/mol. The van der Waals surface area contributed by atoms with E-state index in [2.05, 4.69) is 41.7 Å². The molecule has 3 heteroatoms. The van der Waals surface area contributed by atoms with Crippen molar-refractivity contribution >= 4 is 22.1 Å². The number of benzene rings is 1. The smallest absolute Gasteiger partial charge is 0.127 e. The van der Waals surface area contributed by atoms with Crippen molar-refractivity contribution in [3.8, 4) is 5.75 Å². The van der Waals surface area contributed by atoms with Gasteiger partial charge >= 0.3 is 0 Å². The second-order valence-electron chi connectivity index (χ2n) is 4.32. The summed E-state index contributed by atoms with van der Waals surface area (Å²) in [7, 11) is 1.66. The van der Waals surface area contributed by atoms with E-state index in [1.165, 1.54) is 0 Å². The molecule has 0 N–H and O–H groups in total. The Labute approximate surface area is 99.5 Å². The molecule has 0 bridgehead atoms. The normalized spacial score (nSPS) is 12.1. The summed E-state index contributed by atoms with van der Waals surface area (Å²) in [4.78, 5) is 4.45. The van der Waals surface area contributed by atoms with Crippen LogP contribution in [-0.4, -0.2) is 18.9 Å². The second kappa shape index (κ2) is 4.79.